The van der Waals surface area contributed by atoms with Gasteiger partial charge in [-0.25, -0.2) is 0 Å². The van der Waals surface area contributed by atoms with Gasteiger partial charge in [-0.1, -0.05) is 13.0 Å². The highest BCUT2D eigenvalue weighted by Crippen LogP contribution is 2.40. The van der Waals surface area contributed by atoms with Crippen LogP contribution in [0.15, 0.2) is 24.5 Å². The number of nitrogens with one attached hydrogen (secondary N) is 1. The summed E-state index contributed by atoms with van der Waals surface area (Å²) in [4.78, 5) is 4.28. The van der Waals surface area contributed by atoms with Crippen molar-refractivity contribution < 1.29 is 0 Å². The highest BCUT2D eigenvalue weighted by Gasteiger charge is 2.35. The van der Waals surface area contributed by atoms with Crippen LogP contribution in [0.2, 0.25) is 0 Å². The first kappa shape index (κ1) is 11.6. The van der Waals surface area contributed by atoms with Crippen LogP contribution in [0.3, 0.4) is 0 Å². The van der Waals surface area contributed by atoms with Crippen LogP contribution in [0.5, 0.6) is 0 Å². The van der Waals surface area contributed by atoms with E-state index in [9.17, 15) is 0 Å². The minimum atomic E-state index is 0.329. The molecule has 1 aliphatic carbocycles. The first-order chi connectivity index (χ1) is 7.77. The number of likely N-dealkylation sites (N-methyl/N-ethyl adjacent to an activating group) is 1. The maximum Gasteiger partial charge on any atom is 0.0306 e. The van der Waals surface area contributed by atoms with Crippen LogP contribution in [0.4, 0.5) is 0 Å². The van der Waals surface area contributed by atoms with E-state index in [0.29, 0.717) is 5.41 Å². The number of nitrogens with zero attached hydrogens (tertiary/aromatic N) is 1. The first-order valence-corrected chi connectivity index (χ1v) is 6.32. The molecule has 0 saturated heterocycles. The molecule has 1 aromatic heterocycles. The molecule has 0 aromatic carbocycles. The number of hydrogen-bond acceptors (Lipinski definition) is 2. The molecule has 0 atom stereocenters. The highest BCUT2D eigenvalue weighted by molar-refractivity contribution is 5.23. The Morgan fingerprint density at radius 2 is 2.19 bits per heavy atom. The summed E-state index contributed by atoms with van der Waals surface area (Å²) in [5, 5.41) is 3.36. The van der Waals surface area contributed by atoms with E-state index in [1.54, 1.807) is 0 Å². The first-order valence-electron chi connectivity index (χ1n) is 6.32. The van der Waals surface area contributed by atoms with Crippen molar-refractivity contribution in [2.45, 2.75) is 38.0 Å². The van der Waals surface area contributed by atoms with E-state index in [2.05, 4.69) is 36.4 Å². The van der Waals surface area contributed by atoms with Gasteiger partial charge < -0.3 is 5.32 Å². The lowest BCUT2D eigenvalue weighted by Gasteiger charge is -2.39. The third-order valence-electron chi connectivity index (χ3n) is 4.02. The summed E-state index contributed by atoms with van der Waals surface area (Å²) in [5.41, 5.74) is 1.74. The number of aromatic nitrogens is 1. The quantitative estimate of drug-likeness (QED) is 0.844. The van der Waals surface area contributed by atoms with E-state index in [0.717, 1.165) is 12.5 Å². The van der Waals surface area contributed by atoms with Gasteiger partial charge in [0.25, 0.3) is 0 Å². The van der Waals surface area contributed by atoms with Crippen LogP contribution >= 0.6 is 0 Å². The summed E-state index contributed by atoms with van der Waals surface area (Å²) in [6.45, 7) is 3.44. The minimum absolute atomic E-state index is 0.329. The van der Waals surface area contributed by atoms with Gasteiger partial charge in [-0.3, -0.25) is 4.98 Å². The van der Waals surface area contributed by atoms with Gasteiger partial charge in [0.1, 0.15) is 0 Å². The van der Waals surface area contributed by atoms with Crippen LogP contribution < -0.4 is 5.32 Å². The fourth-order valence-corrected chi connectivity index (χ4v) is 2.90. The zero-order chi connectivity index (χ0) is 11.4. The number of rotatable bonds is 3. The lowest BCUT2D eigenvalue weighted by molar-refractivity contribution is 0.237. The Bertz CT molecular complexity index is 313. The lowest BCUT2D eigenvalue weighted by atomic mass is 9.67. The molecule has 88 valence electrons. The van der Waals surface area contributed by atoms with Gasteiger partial charge in [-0.05, 0) is 50.3 Å². The fraction of sp³-hybridized carbons (Fsp3) is 0.643. The topological polar surface area (TPSA) is 24.9 Å². The molecule has 1 N–H and O–H groups in total. The lowest BCUT2D eigenvalue weighted by Crippen LogP contribution is -2.40. The Balaban J connectivity index is 2.22. The van der Waals surface area contributed by atoms with Gasteiger partial charge >= 0.3 is 0 Å². The summed E-state index contributed by atoms with van der Waals surface area (Å²) < 4.78 is 0. The summed E-state index contributed by atoms with van der Waals surface area (Å²) >= 11 is 0. The second-order valence-electron chi connectivity index (χ2n) is 5.23. The monoisotopic (exact) mass is 218 g/mol. The maximum atomic E-state index is 4.28. The average Bonchev–Trinajstić information content (AvgIpc) is 2.34. The molecule has 1 aliphatic rings. The molecule has 1 saturated carbocycles. The second kappa shape index (κ2) is 4.96. The molecule has 2 nitrogen and oxygen atoms in total. The van der Waals surface area contributed by atoms with Gasteiger partial charge in [-0.2, -0.15) is 0 Å². The third kappa shape index (κ3) is 2.27. The molecule has 2 heteroatoms. The van der Waals surface area contributed by atoms with Crippen LogP contribution in [0.1, 0.15) is 38.2 Å². The van der Waals surface area contributed by atoms with E-state index < -0.39 is 0 Å². The van der Waals surface area contributed by atoms with Gasteiger partial charge in [0.15, 0.2) is 0 Å². The average molecular weight is 218 g/mol. The van der Waals surface area contributed by atoms with Gasteiger partial charge in [0.05, 0.1) is 0 Å². The minimum Gasteiger partial charge on any atom is -0.319 e. The predicted octanol–water partition coefficient (Wildman–Crippen LogP) is 2.75. The molecule has 0 radical (unpaired) electrons. The van der Waals surface area contributed by atoms with Crippen molar-refractivity contribution in [2.75, 3.05) is 13.6 Å². The van der Waals surface area contributed by atoms with E-state index in [4.69, 9.17) is 0 Å². The van der Waals surface area contributed by atoms with Crippen LogP contribution in [0.25, 0.3) is 0 Å². The summed E-state index contributed by atoms with van der Waals surface area (Å²) in [5.74, 6) is 0.890. The smallest absolute Gasteiger partial charge is 0.0306 e. The maximum absolute atomic E-state index is 4.28. The van der Waals surface area contributed by atoms with Gasteiger partial charge in [-0.15, -0.1) is 0 Å². The fourth-order valence-electron chi connectivity index (χ4n) is 2.90. The Labute approximate surface area is 98.5 Å². The molecule has 0 amide bonds. The Hall–Kier alpha value is -0.890. The van der Waals surface area contributed by atoms with Crippen LogP contribution in [0, 0.1) is 5.92 Å². The van der Waals surface area contributed by atoms with E-state index in [1.165, 1.54) is 31.2 Å². The van der Waals surface area contributed by atoms with Crippen molar-refractivity contribution in [2.24, 2.45) is 5.92 Å². The Morgan fingerprint density at radius 3 is 2.75 bits per heavy atom. The zero-order valence-electron chi connectivity index (χ0n) is 10.4. The predicted molar refractivity (Wildman–Crippen MR) is 67.5 cm³/mol. The highest BCUT2D eigenvalue weighted by atomic mass is 14.8. The zero-order valence-corrected chi connectivity index (χ0v) is 10.4. The Kier molecular flexibility index (Phi) is 3.59. The van der Waals surface area contributed by atoms with Crippen molar-refractivity contribution in [3.8, 4) is 0 Å². The standard InChI is InChI=1S/C14H22N2/c1-12-5-7-14(8-6-12,11-15-2)13-4-3-9-16-10-13/h3-4,9-10,12,15H,5-8,11H2,1-2H3. The molecular formula is C14H22N2. The molecular weight excluding hydrogens is 196 g/mol. The summed E-state index contributed by atoms with van der Waals surface area (Å²) in [7, 11) is 2.05. The molecule has 1 fully saturated rings. The SMILES string of the molecule is CNCC1(c2cccnc2)CCC(C)CC1. The molecule has 0 unspecified atom stereocenters. The van der Waals surface area contributed by atoms with E-state index in [1.807, 2.05) is 12.4 Å². The van der Waals surface area contributed by atoms with Crippen LogP contribution in [-0.4, -0.2) is 18.6 Å². The summed E-state index contributed by atoms with van der Waals surface area (Å²) in [6.07, 6.45) is 9.18. The van der Waals surface area contributed by atoms with Crippen LogP contribution in [-0.2, 0) is 5.41 Å². The van der Waals surface area contributed by atoms with Crippen molar-refractivity contribution in [3.63, 3.8) is 0 Å². The van der Waals surface area contributed by atoms with Gasteiger partial charge in [0.2, 0.25) is 0 Å². The number of pyridine rings is 1. The van der Waals surface area contributed by atoms with Crippen molar-refractivity contribution in [3.05, 3.63) is 30.1 Å². The normalized spacial score (nSPS) is 30.2. The van der Waals surface area contributed by atoms with Crippen molar-refractivity contribution >= 4 is 0 Å². The summed E-state index contributed by atoms with van der Waals surface area (Å²) in [6, 6.07) is 4.30. The van der Waals surface area contributed by atoms with E-state index in [-0.39, 0.29) is 0 Å². The van der Waals surface area contributed by atoms with E-state index >= 15 is 0 Å². The van der Waals surface area contributed by atoms with Gasteiger partial charge in [0, 0.05) is 24.4 Å². The molecule has 0 bridgehead atoms. The van der Waals surface area contributed by atoms with Crippen molar-refractivity contribution in [1.82, 2.24) is 10.3 Å². The molecule has 2 rings (SSSR count). The molecule has 0 spiro atoms. The second-order valence-corrected chi connectivity index (χ2v) is 5.23. The largest absolute Gasteiger partial charge is 0.319 e. The molecule has 16 heavy (non-hydrogen) atoms. The molecule has 1 aromatic rings. The van der Waals surface area contributed by atoms with Crippen molar-refractivity contribution in [1.29, 1.82) is 0 Å². The number of hydrogen-bond donors (Lipinski definition) is 1. The third-order valence-corrected chi connectivity index (χ3v) is 4.02. The molecule has 1 heterocycles. The Morgan fingerprint density at radius 1 is 1.44 bits per heavy atom. The molecule has 0 aliphatic heterocycles.